The van der Waals surface area contributed by atoms with Gasteiger partial charge >= 0.3 is 16.7 Å². The van der Waals surface area contributed by atoms with Gasteiger partial charge in [0.2, 0.25) is 5.78 Å². The van der Waals surface area contributed by atoms with Crippen LogP contribution in [-0.4, -0.2) is 60.9 Å². The van der Waals surface area contributed by atoms with E-state index < -0.39 is 46.4 Å². The van der Waals surface area contributed by atoms with Crippen molar-refractivity contribution in [2.24, 2.45) is 0 Å². The fourth-order valence-corrected chi connectivity index (χ4v) is 5.34. The van der Waals surface area contributed by atoms with Gasteiger partial charge in [0.15, 0.2) is 11.5 Å². The van der Waals surface area contributed by atoms with Gasteiger partial charge in [-0.15, -0.1) is 24.5 Å². The van der Waals surface area contributed by atoms with E-state index in [-0.39, 0.29) is 36.6 Å². The topological polar surface area (TPSA) is 149 Å². The Balaban J connectivity index is 1.42. The number of nitrogens with zero attached hydrogens (tertiary/aromatic N) is 2. The number of ether oxygens (including phenoxy) is 2. The van der Waals surface area contributed by atoms with Crippen LogP contribution in [0.2, 0.25) is 0 Å². The van der Waals surface area contributed by atoms with Crippen LogP contribution in [0, 0.1) is 0 Å². The highest BCUT2D eigenvalue weighted by atomic mass is 32.2. The minimum atomic E-state index is -4.88. The van der Waals surface area contributed by atoms with Crippen LogP contribution in [0.5, 0.6) is 11.5 Å². The number of hydrogen-bond acceptors (Lipinski definition) is 11. The first kappa shape index (κ1) is 28.7. The number of hydrogen-bond donors (Lipinski definition) is 3. The molecule has 4 rings (SSSR count). The van der Waals surface area contributed by atoms with Gasteiger partial charge in [-0.3, -0.25) is 8.98 Å². The van der Waals surface area contributed by atoms with E-state index in [1.165, 1.54) is 37.8 Å². The summed E-state index contributed by atoms with van der Waals surface area (Å²) in [6.07, 6.45) is -4.06. The normalized spacial score (nSPS) is 19.6. The maximum Gasteiger partial charge on any atom is 0.573 e. The molecule has 1 aromatic carbocycles. The number of carbonyl (C=O) groups excluding carboxylic acids is 1. The number of para-hydroxylation sites is 2. The average molecular weight is 589 g/mol. The zero-order valence-electron chi connectivity index (χ0n) is 20.2. The molecule has 0 saturated heterocycles. The number of aliphatic hydroxyl groups is 1. The first-order chi connectivity index (χ1) is 18.4. The van der Waals surface area contributed by atoms with E-state index in [1.54, 1.807) is 11.4 Å². The molecule has 3 aromatic rings. The Labute approximate surface area is 225 Å². The minimum Gasteiger partial charge on any atom is -0.485 e. The zero-order chi connectivity index (χ0) is 28.2. The van der Waals surface area contributed by atoms with Crippen LogP contribution in [0.25, 0.3) is 0 Å². The van der Waals surface area contributed by atoms with Crippen LogP contribution in [0.3, 0.4) is 0 Å². The lowest BCUT2D eigenvalue weighted by molar-refractivity contribution is -0.275. The molecular weight excluding hydrogens is 565 g/mol. The van der Waals surface area contributed by atoms with Gasteiger partial charge < -0.3 is 19.9 Å². The molecule has 0 amide bonds. The summed E-state index contributed by atoms with van der Waals surface area (Å²) in [5.74, 6) is -0.824. The van der Waals surface area contributed by atoms with E-state index >= 15 is 0 Å². The molecule has 1 aliphatic carbocycles. The number of thiophene rings is 1. The smallest absolute Gasteiger partial charge is 0.485 e. The predicted molar refractivity (Wildman–Crippen MR) is 133 cm³/mol. The molecule has 39 heavy (non-hydrogen) atoms. The number of nitrogens with one attached hydrogen (secondary N) is 2. The summed E-state index contributed by atoms with van der Waals surface area (Å²) in [4.78, 5) is 21.6. The van der Waals surface area contributed by atoms with Crippen molar-refractivity contribution < 1.29 is 45.1 Å². The molecule has 2 heterocycles. The number of aliphatic hydroxyl groups excluding tert-OH is 1. The molecule has 210 valence electrons. The number of benzene rings is 1. The fraction of sp³-hybridized carbons (Fsp3) is 0.348. The molecule has 0 spiro atoms. The van der Waals surface area contributed by atoms with Gasteiger partial charge in [0.25, 0.3) is 0 Å². The molecule has 0 radical (unpaired) electrons. The summed E-state index contributed by atoms with van der Waals surface area (Å²) < 4.78 is 77.7. The molecular formula is C23H23F3N4O7S2. The second-order valence-corrected chi connectivity index (χ2v) is 10.8. The molecule has 1 saturated carbocycles. The Hall–Kier alpha value is -3.31. The summed E-state index contributed by atoms with van der Waals surface area (Å²) in [6, 6.07) is 6.46. The highest BCUT2D eigenvalue weighted by Gasteiger charge is 2.37. The van der Waals surface area contributed by atoms with Gasteiger partial charge in [-0.2, -0.15) is 13.1 Å². The van der Waals surface area contributed by atoms with E-state index in [1.807, 2.05) is 4.72 Å². The van der Waals surface area contributed by atoms with Crippen LogP contribution in [0.4, 0.5) is 19.0 Å². The Morgan fingerprint density at radius 1 is 1.23 bits per heavy atom. The molecule has 3 N–H and O–H groups in total. The van der Waals surface area contributed by atoms with Crippen molar-refractivity contribution in [3.8, 4) is 11.5 Å². The second-order valence-electron chi connectivity index (χ2n) is 8.39. The van der Waals surface area contributed by atoms with Crippen molar-refractivity contribution in [3.63, 3.8) is 0 Å². The van der Waals surface area contributed by atoms with Crippen LogP contribution >= 0.6 is 11.3 Å². The van der Waals surface area contributed by atoms with Gasteiger partial charge in [0, 0.05) is 24.8 Å². The van der Waals surface area contributed by atoms with Crippen LogP contribution in [-0.2, 0) is 21.1 Å². The Morgan fingerprint density at radius 2 is 1.97 bits per heavy atom. The fourth-order valence-electron chi connectivity index (χ4n) is 3.86. The first-order valence-corrected chi connectivity index (χ1v) is 13.7. The first-order valence-electron chi connectivity index (χ1n) is 11.4. The molecule has 16 heteroatoms. The van der Waals surface area contributed by atoms with Crippen molar-refractivity contribution in [1.82, 2.24) is 14.7 Å². The maximum absolute atomic E-state index is 13.2. The number of anilines is 1. The molecule has 0 bridgehead atoms. The quantitative estimate of drug-likeness (QED) is 0.286. The second kappa shape index (κ2) is 11.8. The molecule has 1 fully saturated rings. The lowest BCUT2D eigenvalue weighted by atomic mass is 10.1. The third-order valence-corrected chi connectivity index (χ3v) is 7.60. The van der Waals surface area contributed by atoms with Crippen LogP contribution < -0.4 is 19.5 Å². The Kier molecular flexibility index (Phi) is 8.70. The third kappa shape index (κ3) is 7.63. The number of rotatable bonds is 11. The highest BCUT2D eigenvalue weighted by molar-refractivity contribution is 7.84. The highest BCUT2D eigenvalue weighted by Crippen LogP contribution is 2.33. The monoisotopic (exact) mass is 588 g/mol. The largest absolute Gasteiger partial charge is 0.573 e. The molecule has 1 aliphatic rings. The molecule has 11 nitrogen and oxygen atoms in total. The van der Waals surface area contributed by atoms with E-state index in [0.29, 0.717) is 10.4 Å². The van der Waals surface area contributed by atoms with E-state index in [9.17, 15) is 31.5 Å². The minimum absolute atomic E-state index is 0.111. The summed E-state index contributed by atoms with van der Waals surface area (Å²) in [5, 5.41) is 14.9. The number of alkyl halides is 3. The Bertz CT molecular complexity index is 1420. The van der Waals surface area contributed by atoms with E-state index in [2.05, 4.69) is 20.0 Å². The van der Waals surface area contributed by atoms with Crippen molar-refractivity contribution >= 4 is 33.2 Å². The van der Waals surface area contributed by atoms with Gasteiger partial charge in [0.05, 0.1) is 16.5 Å². The maximum atomic E-state index is 13.2. The molecule has 3 atom stereocenters. The summed E-state index contributed by atoms with van der Waals surface area (Å²) in [5.41, 5.74) is 0.679. The van der Waals surface area contributed by atoms with E-state index in [4.69, 9.17) is 8.92 Å². The van der Waals surface area contributed by atoms with Crippen molar-refractivity contribution in [1.29, 1.82) is 0 Å². The Morgan fingerprint density at radius 3 is 2.69 bits per heavy atom. The van der Waals surface area contributed by atoms with E-state index in [0.717, 1.165) is 17.4 Å². The lowest BCUT2D eigenvalue weighted by Gasteiger charge is -2.15. The van der Waals surface area contributed by atoms with Crippen molar-refractivity contribution in [2.75, 3.05) is 12.4 Å². The van der Waals surface area contributed by atoms with Crippen molar-refractivity contribution in [2.45, 2.75) is 44.1 Å². The standard InChI is InChI=1S/C23H23F3N4O7S2/c1-27-39(33,34)37-19-8-14(7-16(19)31)30-22-15(9-28-12-29-22)21(32)20-6-13(11-38-20)10-35-17-4-2-3-5-18(17)36-23(24,25)26/h2-6,9,11-12,14,16,19,27,31H,7-8,10H2,1H3,(H,28,29,30)/t14-,16+,19-/m1/s1. The van der Waals surface area contributed by atoms with Crippen molar-refractivity contribution in [3.05, 3.63) is 64.2 Å². The predicted octanol–water partition coefficient (Wildman–Crippen LogP) is 3.03. The molecule has 0 aliphatic heterocycles. The lowest BCUT2D eigenvalue weighted by Crippen LogP contribution is -2.31. The SMILES string of the molecule is CNS(=O)(=O)O[C@@H]1C[C@H](Nc2ncncc2C(=O)c2cc(COc3ccccc3OC(F)(F)F)cs2)C[C@@H]1O. The van der Waals surface area contributed by atoms with Gasteiger partial charge in [-0.05, 0) is 36.4 Å². The van der Waals surface area contributed by atoms with Gasteiger partial charge in [-0.1, -0.05) is 12.1 Å². The zero-order valence-corrected chi connectivity index (χ0v) is 21.8. The average Bonchev–Trinajstić information content (AvgIpc) is 3.48. The summed E-state index contributed by atoms with van der Waals surface area (Å²) in [7, 11) is -2.81. The molecule has 0 unspecified atom stereocenters. The van der Waals surface area contributed by atoms with Crippen LogP contribution in [0.15, 0.2) is 48.2 Å². The van der Waals surface area contributed by atoms with Gasteiger partial charge in [0.1, 0.15) is 24.9 Å². The van der Waals surface area contributed by atoms with Crippen LogP contribution in [0.1, 0.15) is 33.6 Å². The summed E-state index contributed by atoms with van der Waals surface area (Å²) in [6.45, 7) is -0.116. The molecule has 2 aromatic heterocycles. The number of carbonyl (C=O) groups is 1. The number of aromatic nitrogens is 2. The number of ketones is 1. The van der Waals surface area contributed by atoms with Gasteiger partial charge in [-0.25, -0.2) is 9.97 Å². The summed E-state index contributed by atoms with van der Waals surface area (Å²) >= 11 is 1.11. The number of halogens is 3. The third-order valence-electron chi connectivity index (χ3n) is 5.62.